The first kappa shape index (κ1) is 12.4. The molecule has 0 amide bonds. The summed E-state index contributed by atoms with van der Waals surface area (Å²) < 4.78 is 19.0. The first-order valence-electron chi connectivity index (χ1n) is 6.47. The van der Waals surface area contributed by atoms with E-state index in [4.69, 9.17) is 4.74 Å². The Morgan fingerprint density at radius 1 is 1.12 bits per heavy atom. The van der Waals surface area contributed by atoms with E-state index in [-0.39, 0.29) is 11.9 Å². The molecule has 0 aromatic heterocycles. The molecule has 1 aromatic carbocycles. The van der Waals surface area contributed by atoms with E-state index in [0.717, 1.165) is 36.0 Å². The smallest absolute Gasteiger partial charge is 0.123 e. The zero-order chi connectivity index (χ0) is 12.4. The van der Waals surface area contributed by atoms with Gasteiger partial charge in [0.2, 0.25) is 0 Å². The molecule has 0 bridgehead atoms. The highest BCUT2D eigenvalue weighted by Gasteiger charge is 2.25. The highest BCUT2D eigenvalue weighted by molar-refractivity contribution is 5.32. The predicted molar refractivity (Wildman–Crippen MR) is 67.7 cm³/mol. The maximum atomic E-state index is 13.0. The summed E-state index contributed by atoms with van der Waals surface area (Å²) >= 11 is 0. The van der Waals surface area contributed by atoms with E-state index in [1.807, 2.05) is 6.92 Å². The van der Waals surface area contributed by atoms with Crippen molar-refractivity contribution in [3.8, 4) is 5.75 Å². The molecular formula is C15H21FO. The molecule has 2 rings (SSSR count). The maximum absolute atomic E-state index is 13.0. The van der Waals surface area contributed by atoms with Crippen LogP contribution in [0, 0.1) is 24.6 Å². The van der Waals surface area contributed by atoms with Gasteiger partial charge in [-0.25, -0.2) is 4.39 Å². The van der Waals surface area contributed by atoms with Gasteiger partial charge in [0.25, 0.3) is 0 Å². The van der Waals surface area contributed by atoms with Gasteiger partial charge in [-0.15, -0.1) is 0 Å². The summed E-state index contributed by atoms with van der Waals surface area (Å²) in [6.45, 7) is 6.46. The third-order valence-corrected chi connectivity index (χ3v) is 3.57. The van der Waals surface area contributed by atoms with Crippen LogP contribution in [0.4, 0.5) is 4.39 Å². The van der Waals surface area contributed by atoms with Gasteiger partial charge in [-0.1, -0.05) is 13.8 Å². The summed E-state index contributed by atoms with van der Waals surface area (Å²) in [7, 11) is 0. The average molecular weight is 236 g/mol. The van der Waals surface area contributed by atoms with Gasteiger partial charge in [-0.05, 0) is 61.8 Å². The summed E-state index contributed by atoms with van der Waals surface area (Å²) in [5.41, 5.74) is 0.885. The molecule has 0 N–H and O–H groups in total. The Morgan fingerprint density at radius 3 is 2.35 bits per heavy atom. The Kier molecular flexibility index (Phi) is 3.70. The summed E-state index contributed by atoms with van der Waals surface area (Å²) in [5.74, 6) is 2.09. The lowest BCUT2D eigenvalue weighted by Crippen LogP contribution is -2.28. The Bertz CT molecular complexity index is 379. The van der Waals surface area contributed by atoms with Crippen LogP contribution in [-0.4, -0.2) is 6.10 Å². The molecule has 1 saturated carbocycles. The number of benzene rings is 1. The van der Waals surface area contributed by atoms with Crippen LogP contribution < -0.4 is 4.74 Å². The largest absolute Gasteiger partial charge is 0.490 e. The van der Waals surface area contributed by atoms with E-state index in [1.54, 1.807) is 6.07 Å². The van der Waals surface area contributed by atoms with Crippen LogP contribution in [0.1, 0.15) is 38.7 Å². The van der Waals surface area contributed by atoms with E-state index in [1.165, 1.54) is 18.6 Å². The van der Waals surface area contributed by atoms with Gasteiger partial charge in [0.1, 0.15) is 11.6 Å². The van der Waals surface area contributed by atoms with Gasteiger partial charge in [0, 0.05) is 0 Å². The Hall–Kier alpha value is -1.05. The number of aryl methyl sites for hydroxylation is 1. The minimum absolute atomic E-state index is 0.194. The fraction of sp³-hybridized carbons (Fsp3) is 0.600. The molecule has 2 unspecified atom stereocenters. The van der Waals surface area contributed by atoms with E-state index >= 15 is 0 Å². The van der Waals surface area contributed by atoms with Crippen LogP contribution in [0.15, 0.2) is 18.2 Å². The Labute approximate surface area is 103 Å². The third-order valence-electron chi connectivity index (χ3n) is 3.57. The van der Waals surface area contributed by atoms with Gasteiger partial charge in [0.05, 0.1) is 6.10 Å². The number of rotatable bonds is 2. The maximum Gasteiger partial charge on any atom is 0.123 e. The lowest BCUT2D eigenvalue weighted by molar-refractivity contribution is 0.100. The second kappa shape index (κ2) is 5.07. The minimum Gasteiger partial charge on any atom is -0.490 e. The molecule has 2 heteroatoms. The quantitative estimate of drug-likeness (QED) is 0.742. The molecule has 1 nitrogen and oxygen atoms in total. The standard InChI is InChI=1S/C15H21FO/c1-10-6-11(2)8-14(7-10)17-15-5-4-13(16)9-12(15)3/h4-5,9-11,14H,6-8H2,1-3H3. The topological polar surface area (TPSA) is 9.23 Å². The molecule has 2 atom stereocenters. The molecule has 1 fully saturated rings. The molecule has 1 aromatic rings. The second-order valence-electron chi connectivity index (χ2n) is 5.57. The van der Waals surface area contributed by atoms with Crippen LogP contribution in [-0.2, 0) is 0 Å². The van der Waals surface area contributed by atoms with Crippen molar-refractivity contribution < 1.29 is 9.13 Å². The Balaban J connectivity index is 2.04. The summed E-state index contributed by atoms with van der Waals surface area (Å²) in [6.07, 6.45) is 3.81. The highest BCUT2D eigenvalue weighted by atomic mass is 19.1. The number of ether oxygens (including phenoxy) is 1. The highest BCUT2D eigenvalue weighted by Crippen LogP contribution is 2.32. The van der Waals surface area contributed by atoms with Gasteiger partial charge in [0.15, 0.2) is 0 Å². The van der Waals surface area contributed by atoms with Gasteiger partial charge < -0.3 is 4.74 Å². The molecule has 0 radical (unpaired) electrons. The molecule has 94 valence electrons. The minimum atomic E-state index is -0.194. The van der Waals surface area contributed by atoms with Crippen LogP contribution in [0.5, 0.6) is 5.75 Å². The van der Waals surface area contributed by atoms with Crippen molar-refractivity contribution in [3.05, 3.63) is 29.6 Å². The number of halogens is 1. The summed E-state index contributed by atoms with van der Waals surface area (Å²) in [4.78, 5) is 0. The van der Waals surface area contributed by atoms with Crippen LogP contribution in [0.2, 0.25) is 0 Å². The summed E-state index contributed by atoms with van der Waals surface area (Å²) in [6, 6.07) is 4.75. The summed E-state index contributed by atoms with van der Waals surface area (Å²) in [5, 5.41) is 0. The van der Waals surface area contributed by atoms with Crippen molar-refractivity contribution in [2.24, 2.45) is 11.8 Å². The van der Waals surface area contributed by atoms with Crippen molar-refractivity contribution in [1.29, 1.82) is 0 Å². The van der Waals surface area contributed by atoms with Crippen molar-refractivity contribution in [2.75, 3.05) is 0 Å². The van der Waals surface area contributed by atoms with Crippen LogP contribution in [0.25, 0.3) is 0 Å². The fourth-order valence-electron chi connectivity index (χ4n) is 2.89. The molecule has 1 aliphatic rings. The predicted octanol–water partition coefficient (Wildman–Crippen LogP) is 4.34. The van der Waals surface area contributed by atoms with Gasteiger partial charge in [-0.2, -0.15) is 0 Å². The van der Waals surface area contributed by atoms with E-state index in [9.17, 15) is 4.39 Å². The SMILES string of the molecule is Cc1cc(F)ccc1OC1CC(C)CC(C)C1. The third kappa shape index (κ3) is 3.21. The molecule has 17 heavy (non-hydrogen) atoms. The first-order chi connectivity index (χ1) is 8.04. The van der Waals surface area contributed by atoms with Gasteiger partial charge in [-0.3, -0.25) is 0 Å². The van der Waals surface area contributed by atoms with E-state index in [0.29, 0.717) is 0 Å². The van der Waals surface area contributed by atoms with Crippen molar-refractivity contribution in [3.63, 3.8) is 0 Å². The molecule has 0 spiro atoms. The molecule has 0 aliphatic heterocycles. The molecular weight excluding hydrogens is 215 g/mol. The van der Waals surface area contributed by atoms with Crippen LogP contribution in [0.3, 0.4) is 0 Å². The normalized spacial score (nSPS) is 29.1. The average Bonchev–Trinajstić information content (AvgIpc) is 2.21. The van der Waals surface area contributed by atoms with Crippen molar-refractivity contribution in [2.45, 2.75) is 46.1 Å². The molecule has 0 saturated heterocycles. The van der Waals surface area contributed by atoms with Crippen molar-refractivity contribution in [1.82, 2.24) is 0 Å². The van der Waals surface area contributed by atoms with E-state index < -0.39 is 0 Å². The lowest BCUT2D eigenvalue weighted by atomic mass is 9.82. The molecule has 0 heterocycles. The second-order valence-corrected chi connectivity index (χ2v) is 5.57. The number of hydrogen-bond acceptors (Lipinski definition) is 1. The Morgan fingerprint density at radius 2 is 1.76 bits per heavy atom. The fourth-order valence-corrected chi connectivity index (χ4v) is 2.89. The lowest BCUT2D eigenvalue weighted by Gasteiger charge is -2.32. The van der Waals surface area contributed by atoms with Gasteiger partial charge >= 0.3 is 0 Å². The van der Waals surface area contributed by atoms with Crippen molar-refractivity contribution >= 4 is 0 Å². The monoisotopic (exact) mass is 236 g/mol. The molecule has 1 aliphatic carbocycles. The first-order valence-corrected chi connectivity index (χ1v) is 6.47. The zero-order valence-corrected chi connectivity index (χ0v) is 10.9. The zero-order valence-electron chi connectivity index (χ0n) is 10.9. The number of hydrogen-bond donors (Lipinski definition) is 0. The van der Waals surface area contributed by atoms with E-state index in [2.05, 4.69) is 13.8 Å². The van der Waals surface area contributed by atoms with Crippen LogP contribution >= 0.6 is 0 Å².